The quantitative estimate of drug-likeness (QED) is 0.848. The summed E-state index contributed by atoms with van der Waals surface area (Å²) >= 11 is 0. The van der Waals surface area contributed by atoms with Crippen LogP contribution in [0, 0.1) is 11.3 Å². The summed E-state index contributed by atoms with van der Waals surface area (Å²) in [5.74, 6) is 0.742. The van der Waals surface area contributed by atoms with Gasteiger partial charge in [0.1, 0.15) is 0 Å². The zero-order valence-electron chi connectivity index (χ0n) is 15.5. The Labute approximate surface area is 169 Å². The van der Waals surface area contributed by atoms with Crippen molar-refractivity contribution < 1.29 is 4.79 Å². The Kier molecular flexibility index (Phi) is 7.37. The molecule has 26 heavy (non-hydrogen) atoms. The zero-order valence-corrected chi connectivity index (χ0v) is 17.2. The standard InChI is InChI=1S/C20H29N3O.2ClH/c1-16-14-22(15-17-5-3-2-4-6-17)11-12-23(16)19(24)18-13-20(18)7-9-21-10-8-20;;/h2-6,16,18,21H,7-15H2,1H3;2*1H/t16-,18?;;/m1../s1. The molecule has 3 fully saturated rings. The highest BCUT2D eigenvalue weighted by atomic mass is 35.5. The number of hydrogen-bond acceptors (Lipinski definition) is 3. The molecule has 1 unspecified atom stereocenters. The Balaban J connectivity index is 0.00000121. The molecule has 2 saturated heterocycles. The van der Waals surface area contributed by atoms with E-state index in [0.29, 0.717) is 23.3 Å². The number of nitrogens with one attached hydrogen (secondary N) is 1. The van der Waals surface area contributed by atoms with E-state index in [1.54, 1.807) is 0 Å². The first kappa shape index (κ1) is 21.5. The minimum atomic E-state index is 0. The third kappa shape index (κ3) is 4.36. The van der Waals surface area contributed by atoms with Gasteiger partial charge < -0.3 is 10.2 Å². The Hall–Kier alpha value is -0.810. The van der Waals surface area contributed by atoms with Crippen molar-refractivity contribution in [2.45, 2.75) is 38.8 Å². The van der Waals surface area contributed by atoms with Crippen molar-refractivity contribution >= 4 is 30.7 Å². The summed E-state index contributed by atoms with van der Waals surface area (Å²) in [6, 6.07) is 11.0. The number of halogens is 2. The first-order valence-electron chi connectivity index (χ1n) is 9.45. The summed E-state index contributed by atoms with van der Waals surface area (Å²) < 4.78 is 0. The largest absolute Gasteiger partial charge is 0.337 e. The molecule has 2 aliphatic heterocycles. The maximum atomic E-state index is 13.0. The third-order valence-corrected chi connectivity index (χ3v) is 6.33. The van der Waals surface area contributed by atoms with Crippen LogP contribution in [0.1, 0.15) is 31.7 Å². The van der Waals surface area contributed by atoms with Gasteiger partial charge in [-0.25, -0.2) is 0 Å². The van der Waals surface area contributed by atoms with Crippen LogP contribution in [-0.2, 0) is 11.3 Å². The number of amides is 1. The fourth-order valence-corrected chi connectivity index (χ4v) is 4.72. The zero-order chi connectivity index (χ0) is 16.6. The van der Waals surface area contributed by atoms with Crippen molar-refractivity contribution in [1.82, 2.24) is 15.1 Å². The molecule has 3 aliphatic rings. The maximum absolute atomic E-state index is 13.0. The second-order valence-electron chi connectivity index (χ2n) is 7.97. The molecule has 1 amide bonds. The summed E-state index contributed by atoms with van der Waals surface area (Å²) in [6.07, 6.45) is 3.50. The number of rotatable bonds is 3. The first-order valence-corrected chi connectivity index (χ1v) is 9.45. The lowest BCUT2D eigenvalue weighted by Crippen LogP contribution is -2.54. The van der Waals surface area contributed by atoms with E-state index in [-0.39, 0.29) is 24.8 Å². The molecule has 1 aliphatic carbocycles. The predicted molar refractivity (Wildman–Crippen MR) is 110 cm³/mol. The van der Waals surface area contributed by atoms with E-state index in [4.69, 9.17) is 0 Å². The molecular weight excluding hydrogens is 369 g/mol. The monoisotopic (exact) mass is 399 g/mol. The Morgan fingerprint density at radius 2 is 1.85 bits per heavy atom. The van der Waals surface area contributed by atoms with Crippen molar-refractivity contribution in [3.8, 4) is 0 Å². The first-order chi connectivity index (χ1) is 11.7. The van der Waals surface area contributed by atoms with Gasteiger partial charge >= 0.3 is 0 Å². The van der Waals surface area contributed by atoms with Gasteiger partial charge in [0.25, 0.3) is 0 Å². The summed E-state index contributed by atoms with van der Waals surface area (Å²) in [7, 11) is 0. The molecule has 1 aromatic carbocycles. The van der Waals surface area contributed by atoms with Crippen LogP contribution in [0.3, 0.4) is 0 Å². The molecule has 1 N–H and O–H groups in total. The Morgan fingerprint density at radius 3 is 2.50 bits per heavy atom. The fraction of sp³-hybridized carbons (Fsp3) is 0.650. The van der Waals surface area contributed by atoms with E-state index in [0.717, 1.165) is 45.7 Å². The summed E-state index contributed by atoms with van der Waals surface area (Å²) in [6.45, 7) is 8.25. The van der Waals surface area contributed by atoms with Crippen molar-refractivity contribution in [2.75, 3.05) is 32.7 Å². The number of piperidine rings is 1. The van der Waals surface area contributed by atoms with Gasteiger partial charge in [-0.15, -0.1) is 24.8 Å². The Bertz CT molecular complexity index is 592. The van der Waals surface area contributed by atoms with Crippen LogP contribution in [0.15, 0.2) is 30.3 Å². The maximum Gasteiger partial charge on any atom is 0.226 e. The van der Waals surface area contributed by atoms with Crippen molar-refractivity contribution in [3.63, 3.8) is 0 Å². The SMILES string of the molecule is C[C@@H]1CN(Cc2ccccc2)CCN1C(=O)C1CC12CCNCC2.Cl.Cl. The number of carbonyl (C=O) groups excluding carboxylic acids is 1. The number of carbonyl (C=O) groups is 1. The van der Waals surface area contributed by atoms with Crippen LogP contribution >= 0.6 is 24.8 Å². The number of nitrogens with zero attached hydrogens (tertiary/aromatic N) is 2. The minimum absolute atomic E-state index is 0. The summed E-state index contributed by atoms with van der Waals surface area (Å²) in [5.41, 5.74) is 1.71. The number of hydrogen-bond donors (Lipinski definition) is 1. The smallest absolute Gasteiger partial charge is 0.226 e. The van der Waals surface area contributed by atoms with Crippen molar-refractivity contribution in [2.24, 2.45) is 11.3 Å². The second-order valence-corrected chi connectivity index (χ2v) is 7.97. The van der Waals surface area contributed by atoms with Gasteiger partial charge in [-0.2, -0.15) is 0 Å². The van der Waals surface area contributed by atoms with Crippen LogP contribution in [0.5, 0.6) is 0 Å². The predicted octanol–water partition coefficient (Wildman–Crippen LogP) is 2.95. The van der Waals surface area contributed by atoms with Crippen LogP contribution in [0.25, 0.3) is 0 Å². The van der Waals surface area contributed by atoms with E-state index in [2.05, 4.69) is 52.4 Å². The molecule has 1 spiro atoms. The molecule has 4 rings (SSSR count). The van der Waals surface area contributed by atoms with E-state index in [1.807, 2.05) is 0 Å². The lowest BCUT2D eigenvalue weighted by molar-refractivity contribution is -0.138. The fourth-order valence-electron chi connectivity index (χ4n) is 4.72. The van der Waals surface area contributed by atoms with Gasteiger partial charge in [0.2, 0.25) is 5.91 Å². The van der Waals surface area contributed by atoms with E-state index in [9.17, 15) is 4.79 Å². The molecule has 4 nitrogen and oxygen atoms in total. The minimum Gasteiger partial charge on any atom is -0.337 e. The number of benzene rings is 1. The van der Waals surface area contributed by atoms with Gasteiger partial charge in [-0.1, -0.05) is 30.3 Å². The van der Waals surface area contributed by atoms with E-state index in [1.165, 1.54) is 18.4 Å². The molecule has 1 aromatic rings. The lowest BCUT2D eigenvalue weighted by Gasteiger charge is -2.40. The molecule has 146 valence electrons. The summed E-state index contributed by atoms with van der Waals surface area (Å²) in [4.78, 5) is 17.6. The van der Waals surface area contributed by atoms with Crippen molar-refractivity contribution in [3.05, 3.63) is 35.9 Å². The number of piperazine rings is 1. The molecule has 2 heterocycles. The highest BCUT2D eigenvalue weighted by Gasteiger charge is 2.59. The highest BCUT2D eigenvalue weighted by Crippen LogP contribution is 2.59. The highest BCUT2D eigenvalue weighted by molar-refractivity contribution is 5.85. The average Bonchev–Trinajstić information content (AvgIpc) is 3.29. The van der Waals surface area contributed by atoms with Gasteiger partial charge in [0.05, 0.1) is 0 Å². The van der Waals surface area contributed by atoms with E-state index < -0.39 is 0 Å². The van der Waals surface area contributed by atoms with Gasteiger partial charge in [-0.05, 0) is 50.3 Å². The van der Waals surface area contributed by atoms with Crippen LogP contribution in [0.2, 0.25) is 0 Å². The third-order valence-electron chi connectivity index (χ3n) is 6.33. The van der Waals surface area contributed by atoms with Gasteiger partial charge in [0.15, 0.2) is 0 Å². The van der Waals surface area contributed by atoms with Gasteiger partial charge in [-0.3, -0.25) is 9.69 Å². The molecule has 0 aromatic heterocycles. The molecule has 0 radical (unpaired) electrons. The normalized spacial score (nSPS) is 27.3. The molecule has 1 saturated carbocycles. The lowest BCUT2D eigenvalue weighted by atomic mass is 9.91. The van der Waals surface area contributed by atoms with Crippen LogP contribution in [0.4, 0.5) is 0 Å². The van der Waals surface area contributed by atoms with E-state index >= 15 is 0 Å². The topological polar surface area (TPSA) is 35.6 Å². The average molecular weight is 400 g/mol. The summed E-state index contributed by atoms with van der Waals surface area (Å²) in [5, 5.41) is 3.43. The van der Waals surface area contributed by atoms with Crippen molar-refractivity contribution in [1.29, 1.82) is 0 Å². The molecular formula is C20H31Cl2N3O. The van der Waals surface area contributed by atoms with Gasteiger partial charge in [0, 0.05) is 38.1 Å². The molecule has 6 heteroatoms. The van der Waals surface area contributed by atoms with Crippen LogP contribution < -0.4 is 5.32 Å². The second kappa shape index (κ2) is 8.92. The Morgan fingerprint density at radius 1 is 1.15 bits per heavy atom. The molecule has 2 atom stereocenters. The molecule has 0 bridgehead atoms. The van der Waals surface area contributed by atoms with Crippen LogP contribution in [-0.4, -0.2) is 54.5 Å².